The smallest absolute Gasteiger partial charge is 0.144 e. The van der Waals surface area contributed by atoms with Crippen LogP contribution in [0.2, 0.25) is 0 Å². The molecule has 2 unspecified atom stereocenters. The Hall–Kier alpha value is -1.72. The maximum Gasteiger partial charge on any atom is 0.144 e. The predicted molar refractivity (Wildman–Crippen MR) is 77.2 cm³/mol. The van der Waals surface area contributed by atoms with Crippen molar-refractivity contribution in [3.05, 3.63) is 35.9 Å². The van der Waals surface area contributed by atoms with Crippen LogP contribution in [0.15, 0.2) is 30.3 Å². The number of carbonyl (C=O) groups is 2. The molecule has 1 rings (SSSR count). The van der Waals surface area contributed by atoms with E-state index in [1.165, 1.54) is 0 Å². The second-order valence-corrected chi connectivity index (χ2v) is 6.29. The molecule has 2 atom stereocenters. The maximum absolute atomic E-state index is 12.1. The van der Waals surface area contributed by atoms with Gasteiger partial charge < -0.3 is 19.5 Å². The summed E-state index contributed by atoms with van der Waals surface area (Å²) in [7, 11) is 5.47. The average molecular weight is 293 g/mol. The molecule has 0 bridgehead atoms. The first-order valence-electron chi connectivity index (χ1n) is 6.97. The predicted octanol–water partition coefficient (Wildman–Crippen LogP) is -0.378. The highest BCUT2D eigenvalue weighted by atomic mass is 16.4. The number of aryl methyl sites for hydroxylation is 1. The highest BCUT2D eigenvalue weighted by molar-refractivity contribution is 5.98. The maximum atomic E-state index is 12.1. The molecule has 1 aromatic carbocycles. The monoisotopic (exact) mass is 293 g/mol. The minimum absolute atomic E-state index is 0.0802. The fraction of sp³-hybridized carbons (Fsp3) is 0.500. The lowest BCUT2D eigenvalue weighted by molar-refractivity contribution is -0.873. The Bertz CT molecular complexity index is 479. The van der Waals surface area contributed by atoms with Crippen LogP contribution >= 0.6 is 0 Å². The quantitative estimate of drug-likeness (QED) is 0.523. The normalized spacial score (nSPS) is 14.5. The molecule has 1 aromatic rings. The largest absolute Gasteiger partial charge is 0.549 e. The Labute approximate surface area is 125 Å². The number of likely N-dealkylation sites (N-methyl/N-ethyl adjacent to an activating group) is 1. The minimum Gasteiger partial charge on any atom is -0.549 e. The number of aliphatic hydroxyl groups excluding tert-OH is 1. The van der Waals surface area contributed by atoms with E-state index in [0.717, 1.165) is 5.56 Å². The molecule has 0 aliphatic rings. The van der Waals surface area contributed by atoms with Crippen LogP contribution in [0, 0.1) is 5.92 Å². The van der Waals surface area contributed by atoms with Crippen LogP contribution in [0.25, 0.3) is 0 Å². The van der Waals surface area contributed by atoms with Gasteiger partial charge in [-0.1, -0.05) is 30.3 Å². The molecule has 5 heteroatoms. The lowest BCUT2D eigenvalue weighted by Crippen LogP contribution is -2.51. The molecule has 116 valence electrons. The van der Waals surface area contributed by atoms with Gasteiger partial charge in [0.25, 0.3) is 0 Å². The third-order valence-corrected chi connectivity index (χ3v) is 3.22. The number of hydrogen-bond acceptors (Lipinski definition) is 4. The van der Waals surface area contributed by atoms with Gasteiger partial charge in [0.15, 0.2) is 0 Å². The van der Waals surface area contributed by atoms with Gasteiger partial charge in [-0.15, -0.1) is 0 Å². The number of carboxylic acid groups (broad SMARTS) is 1. The zero-order valence-electron chi connectivity index (χ0n) is 12.8. The molecular weight excluding hydrogens is 270 g/mol. The number of Topliss-reactive ketones (excluding diaryl/α,β-unsaturated/α-hetero) is 1. The van der Waals surface area contributed by atoms with Crippen molar-refractivity contribution in [3.63, 3.8) is 0 Å². The minimum atomic E-state index is -1.51. The first kappa shape index (κ1) is 17.3. The van der Waals surface area contributed by atoms with Crippen molar-refractivity contribution >= 4 is 11.8 Å². The van der Waals surface area contributed by atoms with Crippen molar-refractivity contribution in [3.8, 4) is 0 Å². The summed E-state index contributed by atoms with van der Waals surface area (Å²) in [4.78, 5) is 23.3. The molecular formula is C16H23NO4. The van der Waals surface area contributed by atoms with Gasteiger partial charge in [0, 0.05) is 6.42 Å². The van der Waals surface area contributed by atoms with Crippen molar-refractivity contribution < 1.29 is 24.3 Å². The molecule has 0 radical (unpaired) electrons. The van der Waals surface area contributed by atoms with E-state index in [0.29, 0.717) is 10.9 Å². The SMILES string of the molecule is C[N+](C)(C)CC(O)C(C(=O)[O-])C(=O)CCc1ccccc1. The van der Waals surface area contributed by atoms with Gasteiger partial charge in [-0.05, 0) is 12.0 Å². The number of ketones is 1. The molecule has 0 saturated heterocycles. The lowest BCUT2D eigenvalue weighted by atomic mass is 9.92. The van der Waals surface area contributed by atoms with Crippen LogP contribution in [0.1, 0.15) is 12.0 Å². The van der Waals surface area contributed by atoms with Crippen LogP contribution in [0.3, 0.4) is 0 Å². The average Bonchev–Trinajstić information content (AvgIpc) is 2.35. The summed E-state index contributed by atoms with van der Waals surface area (Å²) in [5.41, 5.74) is 0.962. The van der Waals surface area contributed by atoms with Crippen LogP contribution in [-0.2, 0) is 16.0 Å². The summed E-state index contributed by atoms with van der Waals surface area (Å²) in [5, 5.41) is 21.2. The van der Waals surface area contributed by atoms with Gasteiger partial charge >= 0.3 is 0 Å². The summed E-state index contributed by atoms with van der Waals surface area (Å²) < 4.78 is 0.372. The second-order valence-electron chi connectivity index (χ2n) is 6.29. The van der Waals surface area contributed by atoms with E-state index in [4.69, 9.17) is 0 Å². The number of aliphatic hydroxyl groups is 1. The van der Waals surface area contributed by atoms with E-state index in [1.54, 1.807) is 0 Å². The second kappa shape index (κ2) is 7.33. The first-order valence-corrected chi connectivity index (χ1v) is 6.97. The molecule has 0 saturated carbocycles. The number of hydrogen-bond donors (Lipinski definition) is 1. The number of quaternary nitrogens is 1. The molecule has 0 aliphatic carbocycles. The number of rotatable bonds is 8. The highest BCUT2D eigenvalue weighted by Crippen LogP contribution is 2.13. The third-order valence-electron chi connectivity index (χ3n) is 3.22. The number of carbonyl (C=O) groups excluding carboxylic acids is 2. The summed E-state index contributed by atoms with van der Waals surface area (Å²) >= 11 is 0. The molecule has 1 N–H and O–H groups in total. The van der Waals surface area contributed by atoms with Crippen molar-refractivity contribution in [1.29, 1.82) is 0 Å². The molecule has 21 heavy (non-hydrogen) atoms. The first-order chi connectivity index (χ1) is 9.70. The van der Waals surface area contributed by atoms with E-state index >= 15 is 0 Å². The fourth-order valence-corrected chi connectivity index (χ4v) is 2.24. The Balaban J connectivity index is 2.67. The molecule has 0 spiro atoms. The van der Waals surface area contributed by atoms with Crippen LogP contribution < -0.4 is 5.11 Å². The Morgan fingerprint density at radius 1 is 1.19 bits per heavy atom. The van der Waals surface area contributed by atoms with E-state index < -0.39 is 23.8 Å². The Kier molecular flexibility index (Phi) is 6.05. The standard InChI is InChI=1S/C16H23NO4/c1-17(2,3)11-14(19)15(16(20)21)13(18)10-9-12-7-5-4-6-8-12/h4-8,14-15,19H,9-11H2,1-3H3. The van der Waals surface area contributed by atoms with Crippen LogP contribution in [-0.4, -0.2) is 55.1 Å². The molecule has 0 amide bonds. The number of benzene rings is 1. The number of aliphatic carboxylic acids is 1. The van der Waals surface area contributed by atoms with Gasteiger partial charge in [-0.25, -0.2) is 0 Å². The zero-order chi connectivity index (χ0) is 16.0. The fourth-order valence-electron chi connectivity index (χ4n) is 2.24. The van der Waals surface area contributed by atoms with E-state index in [9.17, 15) is 19.8 Å². The van der Waals surface area contributed by atoms with Crippen molar-refractivity contribution in [2.24, 2.45) is 5.92 Å². The molecule has 5 nitrogen and oxygen atoms in total. The zero-order valence-corrected chi connectivity index (χ0v) is 12.8. The highest BCUT2D eigenvalue weighted by Gasteiger charge is 2.31. The topological polar surface area (TPSA) is 77.4 Å². The molecule has 0 aromatic heterocycles. The van der Waals surface area contributed by atoms with Crippen molar-refractivity contribution in [2.75, 3.05) is 27.7 Å². The Morgan fingerprint density at radius 2 is 1.76 bits per heavy atom. The van der Waals surface area contributed by atoms with Crippen LogP contribution in [0.4, 0.5) is 0 Å². The molecule has 0 heterocycles. The van der Waals surface area contributed by atoms with Gasteiger partial charge in [0.2, 0.25) is 0 Å². The van der Waals surface area contributed by atoms with Crippen molar-refractivity contribution in [1.82, 2.24) is 0 Å². The van der Waals surface area contributed by atoms with E-state index in [2.05, 4.69) is 0 Å². The van der Waals surface area contributed by atoms with Gasteiger partial charge in [-0.3, -0.25) is 4.79 Å². The summed E-state index contributed by atoms with van der Waals surface area (Å²) in [6, 6.07) is 9.36. The summed E-state index contributed by atoms with van der Waals surface area (Å²) in [6.45, 7) is 0.176. The van der Waals surface area contributed by atoms with E-state index in [1.807, 2.05) is 51.5 Å². The van der Waals surface area contributed by atoms with Gasteiger partial charge in [0.1, 0.15) is 18.4 Å². The Morgan fingerprint density at radius 3 is 2.24 bits per heavy atom. The van der Waals surface area contributed by atoms with Gasteiger partial charge in [-0.2, -0.15) is 0 Å². The summed E-state index contributed by atoms with van der Waals surface area (Å²) in [6.07, 6.45) is -0.699. The number of carboxylic acids is 1. The summed E-state index contributed by atoms with van der Waals surface area (Å²) in [5.74, 6) is -3.46. The molecule has 0 fully saturated rings. The van der Waals surface area contributed by atoms with Gasteiger partial charge in [0.05, 0.1) is 33.0 Å². The third kappa shape index (κ3) is 6.06. The van der Waals surface area contributed by atoms with Crippen molar-refractivity contribution in [2.45, 2.75) is 18.9 Å². The lowest BCUT2D eigenvalue weighted by Gasteiger charge is -2.30. The number of nitrogens with zero attached hydrogens (tertiary/aromatic N) is 1. The van der Waals surface area contributed by atoms with Crippen LogP contribution in [0.5, 0.6) is 0 Å². The molecule has 0 aliphatic heterocycles. The van der Waals surface area contributed by atoms with E-state index in [-0.39, 0.29) is 13.0 Å².